The van der Waals surface area contributed by atoms with E-state index in [1.54, 1.807) is 0 Å². The third-order valence-electron chi connectivity index (χ3n) is 3.09. The van der Waals surface area contributed by atoms with Gasteiger partial charge in [0.1, 0.15) is 0 Å². The molecule has 0 aliphatic carbocycles. The molecule has 0 unspecified atom stereocenters. The minimum Gasteiger partial charge on any atom is -0.466 e. The molecule has 4 nitrogen and oxygen atoms in total. The highest BCUT2D eigenvalue weighted by Crippen LogP contribution is 2.19. The second kappa shape index (κ2) is 6.95. The van der Waals surface area contributed by atoms with Crippen LogP contribution in [-0.2, 0) is 16.0 Å². The molecular formula is C15H19NO3. The molecule has 0 saturated heterocycles. The predicted molar refractivity (Wildman–Crippen MR) is 73.9 cm³/mol. The van der Waals surface area contributed by atoms with E-state index in [0.29, 0.717) is 25.9 Å². The van der Waals surface area contributed by atoms with E-state index in [1.807, 2.05) is 30.5 Å². The van der Waals surface area contributed by atoms with Crippen LogP contribution in [0.5, 0.6) is 0 Å². The maximum absolute atomic E-state index is 11.5. The Hall–Kier alpha value is -1.81. The summed E-state index contributed by atoms with van der Waals surface area (Å²) in [6, 6.07) is 8.05. The van der Waals surface area contributed by atoms with Crippen LogP contribution in [0.1, 0.15) is 24.8 Å². The average molecular weight is 261 g/mol. The summed E-state index contributed by atoms with van der Waals surface area (Å²) in [4.78, 5) is 14.7. The third-order valence-corrected chi connectivity index (χ3v) is 3.09. The second-order valence-corrected chi connectivity index (χ2v) is 4.51. The smallest absolute Gasteiger partial charge is 0.306 e. The molecule has 0 amide bonds. The van der Waals surface area contributed by atoms with Gasteiger partial charge in [0, 0.05) is 30.1 Å². The lowest BCUT2D eigenvalue weighted by atomic mass is 10.1. The van der Waals surface area contributed by atoms with E-state index in [2.05, 4.69) is 4.98 Å². The summed E-state index contributed by atoms with van der Waals surface area (Å²) in [6.07, 6.45) is 4.42. The number of fused-ring (bicyclic) bond motifs is 1. The van der Waals surface area contributed by atoms with Crippen molar-refractivity contribution >= 4 is 16.9 Å². The fraction of sp³-hybridized carbons (Fsp3) is 0.400. The summed E-state index contributed by atoms with van der Waals surface area (Å²) in [5.41, 5.74) is 2.23. The van der Waals surface area contributed by atoms with Crippen LogP contribution < -0.4 is 0 Å². The number of benzene rings is 1. The van der Waals surface area contributed by atoms with Crippen molar-refractivity contribution in [2.75, 3.05) is 13.2 Å². The SMILES string of the molecule is O=C(CCc1c[nH]c2ccccc12)OCCCCO. The molecule has 2 rings (SSSR count). The molecule has 4 heteroatoms. The van der Waals surface area contributed by atoms with Crippen LogP contribution in [0, 0.1) is 0 Å². The zero-order chi connectivity index (χ0) is 13.5. The van der Waals surface area contributed by atoms with Crippen molar-refractivity contribution in [3.05, 3.63) is 36.0 Å². The van der Waals surface area contributed by atoms with Crippen molar-refractivity contribution in [1.29, 1.82) is 0 Å². The number of rotatable bonds is 7. The van der Waals surface area contributed by atoms with Crippen LogP contribution in [0.2, 0.25) is 0 Å². The van der Waals surface area contributed by atoms with E-state index < -0.39 is 0 Å². The number of aliphatic hydroxyl groups is 1. The van der Waals surface area contributed by atoms with E-state index >= 15 is 0 Å². The number of aromatic amines is 1. The highest BCUT2D eigenvalue weighted by Gasteiger charge is 2.07. The number of H-pyrrole nitrogens is 1. The molecule has 0 saturated carbocycles. The predicted octanol–water partition coefficient (Wildman–Crippen LogP) is 2.42. The maximum atomic E-state index is 11.5. The number of aliphatic hydroxyl groups excluding tert-OH is 1. The molecule has 1 aromatic carbocycles. The standard InChI is InChI=1S/C15H19NO3/c17-9-3-4-10-19-15(18)8-7-12-11-16-14-6-2-1-5-13(12)14/h1-2,5-6,11,16-17H,3-4,7-10H2. The lowest BCUT2D eigenvalue weighted by molar-refractivity contribution is -0.143. The molecule has 0 bridgehead atoms. The van der Waals surface area contributed by atoms with E-state index in [-0.39, 0.29) is 12.6 Å². The largest absolute Gasteiger partial charge is 0.466 e. The van der Waals surface area contributed by atoms with Crippen LogP contribution in [0.15, 0.2) is 30.5 Å². The van der Waals surface area contributed by atoms with Gasteiger partial charge in [-0.1, -0.05) is 18.2 Å². The molecule has 2 aromatic rings. The quantitative estimate of drug-likeness (QED) is 0.594. The van der Waals surface area contributed by atoms with Crippen molar-refractivity contribution in [2.24, 2.45) is 0 Å². The molecule has 1 aromatic heterocycles. The van der Waals surface area contributed by atoms with Crippen LogP contribution >= 0.6 is 0 Å². The van der Waals surface area contributed by atoms with Gasteiger partial charge in [-0.15, -0.1) is 0 Å². The van der Waals surface area contributed by atoms with Gasteiger partial charge in [0.05, 0.1) is 6.61 Å². The molecule has 0 aliphatic heterocycles. The molecule has 0 aliphatic rings. The monoisotopic (exact) mass is 261 g/mol. The topological polar surface area (TPSA) is 62.3 Å². The Labute approximate surface area is 112 Å². The van der Waals surface area contributed by atoms with Gasteiger partial charge in [-0.3, -0.25) is 4.79 Å². The first-order valence-corrected chi connectivity index (χ1v) is 6.62. The highest BCUT2D eigenvalue weighted by atomic mass is 16.5. The number of aryl methyl sites for hydroxylation is 1. The number of carbonyl (C=O) groups is 1. The number of nitrogens with one attached hydrogen (secondary N) is 1. The first kappa shape index (κ1) is 13.6. The average Bonchev–Trinajstić information content (AvgIpc) is 2.85. The van der Waals surface area contributed by atoms with Crippen molar-refractivity contribution < 1.29 is 14.6 Å². The minimum absolute atomic E-state index is 0.146. The van der Waals surface area contributed by atoms with Crippen molar-refractivity contribution in [3.8, 4) is 0 Å². The normalized spacial score (nSPS) is 10.8. The Morgan fingerprint density at radius 2 is 2.11 bits per heavy atom. The number of esters is 1. The third kappa shape index (κ3) is 3.83. The molecule has 19 heavy (non-hydrogen) atoms. The van der Waals surface area contributed by atoms with Crippen LogP contribution in [0.25, 0.3) is 10.9 Å². The second-order valence-electron chi connectivity index (χ2n) is 4.51. The van der Waals surface area contributed by atoms with Gasteiger partial charge in [0.25, 0.3) is 0 Å². The van der Waals surface area contributed by atoms with Gasteiger partial charge >= 0.3 is 5.97 Å². The van der Waals surface area contributed by atoms with Gasteiger partial charge in [0.2, 0.25) is 0 Å². The number of carbonyl (C=O) groups excluding carboxylic acids is 1. The Kier molecular flexibility index (Phi) is 4.98. The van der Waals surface area contributed by atoms with E-state index in [1.165, 1.54) is 0 Å². The van der Waals surface area contributed by atoms with Crippen molar-refractivity contribution in [3.63, 3.8) is 0 Å². The van der Waals surface area contributed by atoms with Crippen LogP contribution in [0.4, 0.5) is 0 Å². The first-order valence-electron chi connectivity index (χ1n) is 6.62. The molecule has 0 spiro atoms. The van der Waals surface area contributed by atoms with Crippen molar-refractivity contribution in [2.45, 2.75) is 25.7 Å². The van der Waals surface area contributed by atoms with Crippen molar-refractivity contribution in [1.82, 2.24) is 4.98 Å². The summed E-state index contributed by atoms with van der Waals surface area (Å²) in [6.45, 7) is 0.542. The van der Waals surface area contributed by atoms with E-state index in [9.17, 15) is 4.79 Å². The van der Waals surface area contributed by atoms with Gasteiger partial charge in [-0.25, -0.2) is 0 Å². The first-order chi connectivity index (χ1) is 9.31. The summed E-state index contributed by atoms with van der Waals surface area (Å²) < 4.78 is 5.09. The number of aromatic nitrogens is 1. The van der Waals surface area contributed by atoms with E-state index in [4.69, 9.17) is 9.84 Å². The van der Waals surface area contributed by atoms with E-state index in [0.717, 1.165) is 22.9 Å². The lowest BCUT2D eigenvalue weighted by Crippen LogP contribution is -2.07. The fourth-order valence-corrected chi connectivity index (χ4v) is 2.05. The molecule has 0 fully saturated rings. The highest BCUT2D eigenvalue weighted by molar-refractivity contribution is 5.83. The summed E-state index contributed by atoms with van der Waals surface area (Å²) in [7, 11) is 0. The Morgan fingerprint density at radius 1 is 1.26 bits per heavy atom. The fourth-order valence-electron chi connectivity index (χ4n) is 2.05. The molecule has 0 atom stereocenters. The number of para-hydroxylation sites is 1. The molecule has 0 radical (unpaired) electrons. The van der Waals surface area contributed by atoms with Crippen LogP contribution in [-0.4, -0.2) is 29.3 Å². The minimum atomic E-state index is -0.178. The van der Waals surface area contributed by atoms with Gasteiger partial charge < -0.3 is 14.8 Å². The lowest BCUT2D eigenvalue weighted by Gasteiger charge is -2.03. The van der Waals surface area contributed by atoms with Gasteiger partial charge in [0.15, 0.2) is 0 Å². The van der Waals surface area contributed by atoms with Gasteiger partial charge in [-0.2, -0.15) is 0 Å². The number of hydrogen-bond acceptors (Lipinski definition) is 3. The summed E-state index contributed by atoms with van der Waals surface area (Å²) >= 11 is 0. The summed E-state index contributed by atoms with van der Waals surface area (Å²) in [5, 5.41) is 9.78. The molecular weight excluding hydrogens is 242 g/mol. The zero-order valence-corrected chi connectivity index (χ0v) is 10.9. The Bertz CT molecular complexity index is 533. The molecule has 102 valence electrons. The zero-order valence-electron chi connectivity index (χ0n) is 10.9. The Morgan fingerprint density at radius 3 is 2.95 bits per heavy atom. The number of unbranched alkanes of at least 4 members (excludes halogenated alkanes) is 1. The maximum Gasteiger partial charge on any atom is 0.306 e. The summed E-state index contributed by atoms with van der Waals surface area (Å²) in [5.74, 6) is -0.178. The van der Waals surface area contributed by atoms with Crippen LogP contribution in [0.3, 0.4) is 0 Å². The van der Waals surface area contributed by atoms with Gasteiger partial charge in [-0.05, 0) is 30.9 Å². The molecule has 2 N–H and O–H groups in total. The number of hydrogen-bond donors (Lipinski definition) is 2. The Balaban J connectivity index is 1.80. The molecule has 1 heterocycles. The number of ether oxygens (including phenoxy) is 1.